The molecular formula is C20H22N4O. The molecule has 0 saturated carbocycles. The zero-order valence-corrected chi connectivity index (χ0v) is 14.5. The fourth-order valence-corrected chi connectivity index (χ4v) is 2.59. The van der Waals surface area contributed by atoms with E-state index in [1.165, 1.54) is 0 Å². The first-order valence-electron chi connectivity index (χ1n) is 8.49. The van der Waals surface area contributed by atoms with Crippen LogP contribution in [0.25, 0.3) is 5.69 Å². The van der Waals surface area contributed by atoms with Crippen LogP contribution in [-0.4, -0.2) is 20.7 Å². The van der Waals surface area contributed by atoms with E-state index in [1.54, 1.807) is 23.3 Å². The Hall–Kier alpha value is -2.95. The Bertz CT molecular complexity index is 814. The van der Waals surface area contributed by atoms with E-state index in [9.17, 15) is 4.79 Å². The highest BCUT2D eigenvalue weighted by molar-refractivity contribution is 5.94. The van der Waals surface area contributed by atoms with Crippen LogP contribution in [-0.2, 0) is 11.3 Å². The number of pyridine rings is 1. The van der Waals surface area contributed by atoms with Gasteiger partial charge < -0.3 is 4.90 Å². The predicted molar refractivity (Wildman–Crippen MR) is 98.4 cm³/mol. The van der Waals surface area contributed by atoms with E-state index in [0.717, 1.165) is 23.4 Å². The van der Waals surface area contributed by atoms with Gasteiger partial charge in [-0.15, -0.1) is 0 Å². The van der Waals surface area contributed by atoms with E-state index >= 15 is 0 Å². The van der Waals surface area contributed by atoms with Gasteiger partial charge in [0, 0.05) is 12.1 Å². The van der Waals surface area contributed by atoms with E-state index in [0.29, 0.717) is 6.54 Å². The lowest BCUT2D eigenvalue weighted by molar-refractivity contribution is -0.122. The monoisotopic (exact) mass is 334 g/mol. The molecule has 128 valence electrons. The Morgan fingerprint density at radius 1 is 1.16 bits per heavy atom. The van der Waals surface area contributed by atoms with E-state index in [-0.39, 0.29) is 11.8 Å². The van der Waals surface area contributed by atoms with Crippen LogP contribution in [0, 0.1) is 5.92 Å². The zero-order valence-electron chi connectivity index (χ0n) is 14.5. The summed E-state index contributed by atoms with van der Waals surface area (Å²) in [4.78, 5) is 18.8. The molecule has 0 aliphatic rings. The van der Waals surface area contributed by atoms with Crippen molar-refractivity contribution >= 4 is 11.6 Å². The Balaban J connectivity index is 1.91. The van der Waals surface area contributed by atoms with Gasteiger partial charge in [-0.05, 0) is 24.1 Å². The molecule has 0 aliphatic carbocycles. The van der Waals surface area contributed by atoms with Gasteiger partial charge in [0.15, 0.2) is 0 Å². The minimum absolute atomic E-state index is 0.0366. The number of nitrogens with zero attached hydrogens (tertiary/aromatic N) is 4. The molecule has 0 bridgehead atoms. The molecule has 1 amide bonds. The van der Waals surface area contributed by atoms with Crippen LogP contribution in [0.1, 0.15) is 25.8 Å². The second-order valence-electron chi connectivity index (χ2n) is 6.07. The minimum Gasteiger partial charge on any atom is -0.305 e. The van der Waals surface area contributed by atoms with Crippen LogP contribution < -0.4 is 4.90 Å². The third-order valence-corrected chi connectivity index (χ3v) is 4.27. The van der Waals surface area contributed by atoms with Gasteiger partial charge in [0.25, 0.3) is 0 Å². The summed E-state index contributed by atoms with van der Waals surface area (Å²) in [5.41, 5.74) is 2.75. The van der Waals surface area contributed by atoms with Crippen LogP contribution >= 0.6 is 0 Å². The molecule has 1 atom stereocenters. The number of carbonyl (C=O) groups excluding carboxylic acids is 1. The molecule has 3 rings (SSSR count). The van der Waals surface area contributed by atoms with Gasteiger partial charge in [-0.1, -0.05) is 44.2 Å². The Morgan fingerprint density at radius 2 is 1.96 bits per heavy atom. The first-order chi connectivity index (χ1) is 12.2. The smallest absolute Gasteiger partial charge is 0.230 e. The normalized spacial score (nSPS) is 11.9. The Morgan fingerprint density at radius 3 is 2.64 bits per heavy atom. The molecule has 0 fully saturated rings. The predicted octanol–water partition coefficient (Wildman–Crippen LogP) is 3.85. The molecular weight excluding hydrogens is 312 g/mol. The van der Waals surface area contributed by atoms with Gasteiger partial charge in [0.05, 0.1) is 36.5 Å². The molecule has 5 nitrogen and oxygen atoms in total. The van der Waals surface area contributed by atoms with E-state index in [2.05, 4.69) is 10.1 Å². The molecule has 1 unspecified atom stereocenters. The Kier molecular flexibility index (Phi) is 5.23. The SMILES string of the molecule is CCC(C)C(=O)N(Cc1ccccc1)c1cnn(-c2cccnc2)c1. The number of carbonyl (C=O) groups is 1. The Labute approximate surface area is 147 Å². The molecule has 5 heteroatoms. The molecule has 2 aromatic heterocycles. The van der Waals surface area contributed by atoms with Crippen molar-refractivity contribution in [3.63, 3.8) is 0 Å². The molecule has 25 heavy (non-hydrogen) atoms. The molecule has 2 heterocycles. The molecule has 0 saturated heterocycles. The lowest BCUT2D eigenvalue weighted by Crippen LogP contribution is -2.34. The van der Waals surface area contributed by atoms with Crippen LogP contribution in [0.15, 0.2) is 67.3 Å². The van der Waals surface area contributed by atoms with Gasteiger partial charge in [-0.3, -0.25) is 9.78 Å². The third kappa shape index (κ3) is 3.94. The second-order valence-corrected chi connectivity index (χ2v) is 6.07. The summed E-state index contributed by atoms with van der Waals surface area (Å²) in [6.07, 6.45) is 7.88. The quantitative estimate of drug-likeness (QED) is 0.688. The van der Waals surface area contributed by atoms with Crippen molar-refractivity contribution in [1.82, 2.24) is 14.8 Å². The van der Waals surface area contributed by atoms with Crippen molar-refractivity contribution in [1.29, 1.82) is 0 Å². The summed E-state index contributed by atoms with van der Waals surface area (Å²) in [5, 5.41) is 4.40. The van der Waals surface area contributed by atoms with Crippen LogP contribution in [0.5, 0.6) is 0 Å². The number of hydrogen-bond acceptors (Lipinski definition) is 3. The standard InChI is InChI=1S/C20H22N4O/c1-3-16(2)20(25)23(14-17-8-5-4-6-9-17)19-13-22-24(15-19)18-10-7-11-21-12-18/h4-13,15-16H,3,14H2,1-2H3. The number of aromatic nitrogens is 3. The first-order valence-corrected chi connectivity index (χ1v) is 8.49. The molecule has 0 spiro atoms. The van der Waals surface area contributed by atoms with Gasteiger partial charge >= 0.3 is 0 Å². The number of anilines is 1. The van der Waals surface area contributed by atoms with Gasteiger partial charge in [0.2, 0.25) is 5.91 Å². The molecule has 0 aliphatic heterocycles. The minimum atomic E-state index is -0.0366. The van der Waals surface area contributed by atoms with Gasteiger partial charge in [-0.25, -0.2) is 4.68 Å². The summed E-state index contributed by atoms with van der Waals surface area (Å²) in [7, 11) is 0. The van der Waals surface area contributed by atoms with E-state index in [1.807, 2.05) is 67.4 Å². The van der Waals surface area contributed by atoms with Crippen molar-refractivity contribution in [2.45, 2.75) is 26.8 Å². The molecule has 3 aromatic rings. The average molecular weight is 334 g/mol. The maximum atomic E-state index is 12.9. The number of hydrogen-bond donors (Lipinski definition) is 0. The van der Waals surface area contributed by atoms with Crippen LogP contribution in [0.3, 0.4) is 0 Å². The van der Waals surface area contributed by atoms with Gasteiger partial charge in [-0.2, -0.15) is 5.10 Å². The summed E-state index contributed by atoms with van der Waals surface area (Å²) in [6, 6.07) is 13.8. The maximum Gasteiger partial charge on any atom is 0.230 e. The zero-order chi connectivity index (χ0) is 17.6. The van der Waals surface area contributed by atoms with Gasteiger partial charge in [0.1, 0.15) is 0 Å². The van der Waals surface area contributed by atoms with Crippen molar-refractivity contribution in [2.75, 3.05) is 4.90 Å². The van der Waals surface area contributed by atoms with Crippen molar-refractivity contribution in [3.8, 4) is 5.69 Å². The highest BCUT2D eigenvalue weighted by Crippen LogP contribution is 2.21. The number of rotatable bonds is 6. The fourth-order valence-electron chi connectivity index (χ4n) is 2.59. The second kappa shape index (κ2) is 7.75. The maximum absolute atomic E-state index is 12.9. The average Bonchev–Trinajstić information content (AvgIpc) is 3.16. The summed E-state index contributed by atoms with van der Waals surface area (Å²) in [5.74, 6) is 0.0718. The topological polar surface area (TPSA) is 51.0 Å². The van der Waals surface area contributed by atoms with E-state index in [4.69, 9.17) is 0 Å². The van der Waals surface area contributed by atoms with Crippen molar-refractivity contribution in [2.24, 2.45) is 5.92 Å². The number of benzene rings is 1. The lowest BCUT2D eigenvalue weighted by Gasteiger charge is -2.24. The summed E-state index contributed by atoms with van der Waals surface area (Å²) < 4.78 is 1.74. The first kappa shape index (κ1) is 16.9. The third-order valence-electron chi connectivity index (χ3n) is 4.27. The summed E-state index contributed by atoms with van der Waals surface area (Å²) >= 11 is 0. The van der Waals surface area contributed by atoms with E-state index < -0.39 is 0 Å². The van der Waals surface area contributed by atoms with Crippen molar-refractivity contribution < 1.29 is 4.79 Å². The van der Waals surface area contributed by atoms with Crippen LogP contribution in [0.2, 0.25) is 0 Å². The van der Waals surface area contributed by atoms with Crippen LogP contribution in [0.4, 0.5) is 5.69 Å². The summed E-state index contributed by atoms with van der Waals surface area (Å²) in [6.45, 7) is 4.52. The number of amides is 1. The lowest BCUT2D eigenvalue weighted by atomic mass is 10.1. The highest BCUT2D eigenvalue weighted by atomic mass is 16.2. The highest BCUT2D eigenvalue weighted by Gasteiger charge is 2.22. The molecule has 0 N–H and O–H groups in total. The van der Waals surface area contributed by atoms with Crippen molar-refractivity contribution in [3.05, 3.63) is 72.8 Å². The largest absolute Gasteiger partial charge is 0.305 e. The molecule has 1 aromatic carbocycles. The fraction of sp³-hybridized carbons (Fsp3) is 0.250. The molecule has 0 radical (unpaired) electrons.